The lowest BCUT2D eigenvalue weighted by molar-refractivity contribution is -0.129. The minimum atomic E-state index is 0.142. The molecule has 122 valence electrons. The van der Waals surface area contributed by atoms with E-state index in [0.29, 0.717) is 22.8 Å². The molecule has 1 atom stereocenters. The summed E-state index contributed by atoms with van der Waals surface area (Å²) in [5, 5.41) is 8.15. The first kappa shape index (κ1) is 16.1. The third-order valence-electron chi connectivity index (χ3n) is 4.11. The molecule has 0 N–H and O–H groups in total. The van der Waals surface area contributed by atoms with E-state index < -0.39 is 0 Å². The zero-order chi connectivity index (χ0) is 16.2. The Labute approximate surface area is 140 Å². The summed E-state index contributed by atoms with van der Waals surface area (Å²) >= 11 is 1.31. The van der Waals surface area contributed by atoms with Crippen molar-refractivity contribution < 1.29 is 9.21 Å². The summed E-state index contributed by atoms with van der Waals surface area (Å²) in [6, 6.07) is 8.60. The molecule has 1 aliphatic rings. The van der Waals surface area contributed by atoms with Gasteiger partial charge < -0.3 is 9.32 Å². The van der Waals surface area contributed by atoms with Gasteiger partial charge in [-0.3, -0.25) is 4.79 Å². The summed E-state index contributed by atoms with van der Waals surface area (Å²) in [7, 11) is 0. The molecule has 1 aliphatic heterocycles. The zero-order valence-electron chi connectivity index (χ0n) is 13.5. The van der Waals surface area contributed by atoms with E-state index in [2.05, 4.69) is 41.4 Å². The predicted octanol–water partition coefficient (Wildman–Crippen LogP) is 3.18. The Balaban J connectivity index is 1.58. The van der Waals surface area contributed by atoms with Crippen LogP contribution in [0.3, 0.4) is 0 Å². The topological polar surface area (TPSA) is 59.2 Å². The van der Waals surface area contributed by atoms with Crippen LogP contribution in [0.2, 0.25) is 0 Å². The number of aryl methyl sites for hydroxylation is 2. The minimum Gasteiger partial charge on any atom is -0.416 e. The molecule has 23 heavy (non-hydrogen) atoms. The Bertz CT molecular complexity index is 686. The first-order valence-corrected chi connectivity index (χ1v) is 8.87. The lowest BCUT2D eigenvalue weighted by atomic mass is 9.90. The largest absolute Gasteiger partial charge is 0.416 e. The number of likely N-dealkylation sites (tertiary alicyclic amines) is 1. The van der Waals surface area contributed by atoms with Gasteiger partial charge in [0.1, 0.15) is 0 Å². The number of amides is 1. The van der Waals surface area contributed by atoms with Crippen LogP contribution in [-0.4, -0.2) is 39.8 Å². The number of hydrogen-bond donors (Lipinski definition) is 0. The molecule has 0 unspecified atom stereocenters. The number of carbonyl (C=O) groups excluding carboxylic acids is 1. The van der Waals surface area contributed by atoms with Crippen LogP contribution in [0.4, 0.5) is 0 Å². The van der Waals surface area contributed by atoms with E-state index in [1.165, 1.54) is 22.9 Å². The maximum absolute atomic E-state index is 12.4. The molecular weight excluding hydrogens is 310 g/mol. The Morgan fingerprint density at radius 3 is 3.00 bits per heavy atom. The van der Waals surface area contributed by atoms with Crippen LogP contribution < -0.4 is 0 Å². The zero-order valence-corrected chi connectivity index (χ0v) is 14.3. The molecule has 6 heteroatoms. The maximum atomic E-state index is 12.4. The normalized spacial score (nSPS) is 18.2. The molecule has 0 aliphatic carbocycles. The van der Waals surface area contributed by atoms with Crippen LogP contribution in [0.5, 0.6) is 0 Å². The highest BCUT2D eigenvalue weighted by Gasteiger charge is 2.25. The maximum Gasteiger partial charge on any atom is 0.277 e. The summed E-state index contributed by atoms with van der Waals surface area (Å²) < 4.78 is 5.29. The van der Waals surface area contributed by atoms with Gasteiger partial charge in [0.2, 0.25) is 11.8 Å². The van der Waals surface area contributed by atoms with Crippen LogP contribution in [0.25, 0.3) is 0 Å². The first-order valence-electron chi connectivity index (χ1n) is 7.89. The van der Waals surface area contributed by atoms with Crippen LogP contribution in [-0.2, 0) is 4.79 Å². The lowest BCUT2D eigenvalue weighted by Gasteiger charge is -2.33. The van der Waals surface area contributed by atoms with Gasteiger partial charge in [0.05, 0.1) is 5.75 Å². The molecule has 1 aromatic heterocycles. The van der Waals surface area contributed by atoms with E-state index in [9.17, 15) is 4.79 Å². The van der Waals surface area contributed by atoms with Crippen molar-refractivity contribution in [1.29, 1.82) is 0 Å². The minimum absolute atomic E-state index is 0.142. The molecule has 1 amide bonds. The summed E-state index contributed by atoms with van der Waals surface area (Å²) in [5.41, 5.74) is 2.61. The van der Waals surface area contributed by atoms with Gasteiger partial charge in [-0.2, -0.15) is 0 Å². The quantitative estimate of drug-likeness (QED) is 0.805. The fraction of sp³-hybridized carbons (Fsp3) is 0.471. The van der Waals surface area contributed by atoms with Gasteiger partial charge in [0.25, 0.3) is 5.22 Å². The van der Waals surface area contributed by atoms with Gasteiger partial charge in [-0.25, -0.2) is 0 Å². The first-order chi connectivity index (χ1) is 11.1. The molecule has 1 fully saturated rings. The van der Waals surface area contributed by atoms with Crippen molar-refractivity contribution in [3.8, 4) is 0 Å². The molecule has 1 aromatic carbocycles. The summed E-state index contributed by atoms with van der Waals surface area (Å²) in [6.45, 7) is 5.49. The van der Waals surface area contributed by atoms with Gasteiger partial charge in [-0.15, -0.1) is 10.2 Å². The Hall–Kier alpha value is -1.82. The van der Waals surface area contributed by atoms with E-state index in [1.54, 1.807) is 6.92 Å². The van der Waals surface area contributed by atoms with Gasteiger partial charge in [-0.1, -0.05) is 41.6 Å². The number of hydrogen-bond acceptors (Lipinski definition) is 5. The molecule has 1 saturated heterocycles. The van der Waals surface area contributed by atoms with E-state index in [1.807, 2.05) is 4.90 Å². The number of nitrogens with zero attached hydrogens (tertiary/aromatic N) is 3. The number of benzene rings is 1. The lowest BCUT2D eigenvalue weighted by Crippen LogP contribution is -2.40. The number of thioether (sulfide) groups is 1. The summed E-state index contributed by atoms with van der Waals surface area (Å²) in [6.07, 6.45) is 2.19. The SMILES string of the molecule is Cc1cccc([C@H]2CCCN(C(=O)CSc3nnc(C)o3)C2)c1. The third-order valence-corrected chi connectivity index (χ3v) is 4.92. The number of carbonyl (C=O) groups is 1. The molecule has 2 aromatic rings. The Kier molecular flexibility index (Phi) is 5.00. The average Bonchev–Trinajstić information content (AvgIpc) is 2.98. The molecule has 0 saturated carbocycles. The van der Waals surface area contributed by atoms with Crippen molar-refractivity contribution >= 4 is 17.7 Å². The van der Waals surface area contributed by atoms with Crippen molar-refractivity contribution in [3.63, 3.8) is 0 Å². The van der Waals surface area contributed by atoms with Crippen molar-refractivity contribution in [1.82, 2.24) is 15.1 Å². The molecule has 2 heterocycles. The molecular formula is C17H21N3O2S. The highest BCUT2D eigenvalue weighted by Crippen LogP contribution is 2.28. The number of piperidine rings is 1. The van der Waals surface area contributed by atoms with Gasteiger partial charge in [0, 0.05) is 25.9 Å². The fourth-order valence-electron chi connectivity index (χ4n) is 2.95. The highest BCUT2D eigenvalue weighted by molar-refractivity contribution is 7.99. The smallest absolute Gasteiger partial charge is 0.277 e. The molecule has 3 rings (SSSR count). The second-order valence-corrected chi connectivity index (χ2v) is 6.90. The van der Waals surface area contributed by atoms with E-state index in [0.717, 1.165) is 25.9 Å². The highest BCUT2D eigenvalue weighted by atomic mass is 32.2. The standard InChI is InChI=1S/C17H21N3O2S/c1-12-5-3-6-14(9-12)15-7-4-8-20(10-15)16(21)11-23-17-19-18-13(2)22-17/h3,5-6,9,15H,4,7-8,10-11H2,1-2H3/t15-/m0/s1. The summed E-state index contributed by atoms with van der Waals surface area (Å²) in [5.74, 6) is 1.45. The molecule has 0 bridgehead atoms. The molecule has 0 radical (unpaired) electrons. The van der Waals surface area contributed by atoms with Crippen LogP contribution in [0, 0.1) is 13.8 Å². The molecule has 5 nitrogen and oxygen atoms in total. The predicted molar refractivity (Wildman–Crippen MR) is 89.5 cm³/mol. The second-order valence-electron chi connectivity index (χ2n) is 5.97. The monoisotopic (exact) mass is 331 g/mol. The van der Waals surface area contributed by atoms with Crippen LogP contribution in [0.15, 0.2) is 33.9 Å². The van der Waals surface area contributed by atoms with Crippen molar-refractivity contribution in [3.05, 3.63) is 41.3 Å². The van der Waals surface area contributed by atoms with Crippen molar-refractivity contribution in [2.75, 3.05) is 18.8 Å². The Morgan fingerprint density at radius 1 is 1.39 bits per heavy atom. The van der Waals surface area contributed by atoms with Crippen LogP contribution >= 0.6 is 11.8 Å². The van der Waals surface area contributed by atoms with E-state index in [4.69, 9.17) is 4.42 Å². The van der Waals surface area contributed by atoms with Crippen molar-refractivity contribution in [2.45, 2.75) is 37.8 Å². The number of aromatic nitrogens is 2. The van der Waals surface area contributed by atoms with Gasteiger partial charge in [0.15, 0.2) is 0 Å². The Morgan fingerprint density at radius 2 is 2.26 bits per heavy atom. The van der Waals surface area contributed by atoms with E-state index in [-0.39, 0.29) is 5.91 Å². The summed E-state index contributed by atoms with van der Waals surface area (Å²) in [4.78, 5) is 14.4. The van der Waals surface area contributed by atoms with Crippen molar-refractivity contribution in [2.24, 2.45) is 0 Å². The van der Waals surface area contributed by atoms with Gasteiger partial charge in [-0.05, 0) is 25.3 Å². The molecule has 0 spiro atoms. The van der Waals surface area contributed by atoms with E-state index >= 15 is 0 Å². The fourth-order valence-corrected chi connectivity index (χ4v) is 3.66. The third kappa shape index (κ3) is 4.13. The average molecular weight is 331 g/mol. The van der Waals surface area contributed by atoms with Gasteiger partial charge >= 0.3 is 0 Å². The number of rotatable bonds is 4. The second kappa shape index (κ2) is 7.17. The van der Waals surface area contributed by atoms with Crippen LogP contribution in [0.1, 0.15) is 35.8 Å².